The number of aliphatic hydroxyl groups excluding tert-OH is 1. The highest BCUT2D eigenvalue weighted by molar-refractivity contribution is 7.98. The summed E-state index contributed by atoms with van der Waals surface area (Å²) in [5, 5.41) is 26.6. The van der Waals surface area contributed by atoms with Gasteiger partial charge in [0.1, 0.15) is 18.1 Å². The minimum Gasteiger partial charge on any atom is -0.480 e. The normalized spacial score (nSPS) is 14.6. The average Bonchev–Trinajstić information content (AvgIpc) is 3.22. The van der Waals surface area contributed by atoms with E-state index in [0.29, 0.717) is 5.75 Å². The number of aromatic amines is 1. The molecule has 0 radical (unpaired) electrons. The maximum atomic E-state index is 12.8. The van der Waals surface area contributed by atoms with Gasteiger partial charge in [-0.25, -0.2) is 0 Å². The number of aromatic nitrogens is 1. The minimum atomic E-state index is -1.37. The van der Waals surface area contributed by atoms with Gasteiger partial charge in [0.05, 0.1) is 12.6 Å². The number of nitrogens with one attached hydrogen (secondary N) is 4. The number of carboxylic acid groups (broad SMARTS) is 1. The molecule has 0 aliphatic heterocycles. The number of carbonyl (C=O) groups excluding carboxylic acids is 3. The zero-order chi connectivity index (χ0) is 25.3. The number of aliphatic hydroxyl groups is 1. The van der Waals surface area contributed by atoms with E-state index in [1.165, 1.54) is 18.7 Å². The van der Waals surface area contributed by atoms with Crippen molar-refractivity contribution in [3.05, 3.63) is 36.0 Å². The van der Waals surface area contributed by atoms with Crippen molar-refractivity contribution in [3.63, 3.8) is 0 Å². The second-order valence-electron chi connectivity index (χ2n) is 7.83. The fraction of sp³-hybridized carbons (Fsp3) is 0.455. The van der Waals surface area contributed by atoms with Gasteiger partial charge in [0.2, 0.25) is 17.7 Å². The van der Waals surface area contributed by atoms with Crippen LogP contribution in [0.15, 0.2) is 30.5 Å². The van der Waals surface area contributed by atoms with Gasteiger partial charge in [0.25, 0.3) is 0 Å². The first-order chi connectivity index (χ1) is 16.2. The lowest BCUT2D eigenvalue weighted by molar-refractivity contribution is -0.142. The van der Waals surface area contributed by atoms with Gasteiger partial charge in [-0.05, 0) is 43.4 Å². The molecule has 0 spiro atoms. The molecule has 1 aromatic heterocycles. The molecule has 0 saturated carbocycles. The van der Waals surface area contributed by atoms with Crippen LogP contribution in [0.1, 0.15) is 18.9 Å². The van der Waals surface area contributed by atoms with E-state index < -0.39 is 54.5 Å². The van der Waals surface area contributed by atoms with E-state index in [2.05, 4.69) is 20.9 Å². The van der Waals surface area contributed by atoms with Crippen LogP contribution in [0.2, 0.25) is 0 Å². The van der Waals surface area contributed by atoms with Crippen molar-refractivity contribution in [1.82, 2.24) is 20.9 Å². The summed E-state index contributed by atoms with van der Waals surface area (Å²) in [6, 6.07) is 3.13. The number of fused-ring (bicyclic) bond motifs is 1. The molecule has 186 valence electrons. The Morgan fingerprint density at radius 3 is 2.35 bits per heavy atom. The highest BCUT2D eigenvalue weighted by Crippen LogP contribution is 2.18. The maximum Gasteiger partial charge on any atom is 0.325 e. The molecular formula is C22H31N5O6S. The maximum absolute atomic E-state index is 12.8. The molecule has 4 unspecified atom stereocenters. The van der Waals surface area contributed by atoms with Crippen LogP contribution in [-0.4, -0.2) is 81.7 Å². The first-order valence-electron chi connectivity index (χ1n) is 10.7. The van der Waals surface area contributed by atoms with E-state index in [1.807, 2.05) is 30.5 Å². The van der Waals surface area contributed by atoms with E-state index in [9.17, 15) is 24.3 Å². The molecule has 3 amide bonds. The summed E-state index contributed by atoms with van der Waals surface area (Å²) >= 11 is 1.47. The Balaban J connectivity index is 2.03. The fourth-order valence-corrected chi connectivity index (χ4v) is 3.73. The first-order valence-corrected chi connectivity index (χ1v) is 12.1. The lowest BCUT2D eigenvalue weighted by Gasteiger charge is -2.23. The van der Waals surface area contributed by atoms with Gasteiger partial charge >= 0.3 is 5.97 Å². The molecule has 4 atom stereocenters. The SMILES string of the molecule is CSCCC(NC(=O)C(N)Cc1c[nH]c2ccccc12)C(=O)NC(CO)C(=O)NC(C)C(=O)O. The fourth-order valence-electron chi connectivity index (χ4n) is 3.26. The summed E-state index contributed by atoms with van der Waals surface area (Å²) in [6.45, 7) is 0.514. The van der Waals surface area contributed by atoms with E-state index in [4.69, 9.17) is 10.8 Å². The lowest BCUT2D eigenvalue weighted by atomic mass is 10.0. The molecule has 8 N–H and O–H groups in total. The van der Waals surface area contributed by atoms with Gasteiger partial charge < -0.3 is 36.9 Å². The molecule has 12 heteroatoms. The number of H-pyrrole nitrogens is 1. The predicted octanol–water partition coefficient (Wildman–Crippen LogP) is -0.658. The van der Waals surface area contributed by atoms with Gasteiger partial charge in [-0.2, -0.15) is 11.8 Å². The molecule has 0 bridgehead atoms. The van der Waals surface area contributed by atoms with Crippen molar-refractivity contribution in [3.8, 4) is 0 Å². The summed E-state index contributed by atoms with van der Waals surface area (Å²) in [7, 11) is 0. The van der Waals surface area contributed by atoms with Crippen LogP contribution >= 0.6 is 11.8 Å². The Bertz CT molecular complexity index is 1010. The van der Waals surface area contributed by atoms with Crippen molar-refractivity contribution >= 4 is 46.4 Å². The Kier molecular flexibility index (Phi) is 10.4. The number of rotatable bonds is 13. The number of benzene rings is 1. The van der Waals surface area contributed by atoms with Gasteiger partial charge in [-0.3, -0.25) is 19.2 Å². The molecule has 11 nitrogen and oxygen atoms in total. The molecule has 2 aromatic rings. The molecule has 34 heavy (non-hydrogen) atoms. The molecule has 1 heterocycles. The molecule has 0 aliphatic rings. The predicted molar refractivity (Wildman–Crippen MR) is 129 cm³/mol. The zero-order valence-electron chi connectivity index (χ0n) is 19.0. The Labute approximate surface area is 201 Å². The molecule has 0 fully saturated rings. The van der Waals surface area contributed by atoms with Gasteiger partial charge in [0, 0.05) is 17.1 Å². The number of hydrogen-bond donors (Lipinski definition) is 7. The van der Waals surface area contributed by atoms with Gasteiger partial charge in [0.15, 0.2) is 0 Å². The highest BCUT2D eigenvalue weighted by Gasteiger charge is 2.29. The number of aliphatic carboxylic acids is 1. The van der Waals surface area contributed by atoms with E-state index >= 15 is 0 Å². The number of carbonyl (C=O) groups is 4. The van der Waals surface area contributed by atoms with Crippen LogP contribution in [0.3, 0.4) is 0 Å². The number of amides is 3. The first kappa shape index (κ1) is 27.2. The van der Waals surface area contributed by atoms with E-state index in [0.717, 1.165) is 16.5 Å². The number of para-hydroxylation sites is 1. The van der Waals surface area contributed by atoms with Crippen LogP contribution in [0.5, 0.6) is 0 Å². The monoisotopic (exact) mass is 493 g/mol. The number of nitrogens with two attached hydrogens (primary N) is 1. The average molecular weight is 494 g/mol. The smallest absolute Gasteiger partial charge is 0.325 e. The van der Waals surface area contributed by atoms with Crippen LogP contribution in [0.4, 0.5) is 0 Å². The van der Waals surface area contributed by atoms with Crippen LogP contribution in [0.25, 0.3) is 10.9 Å². The van der Waals surface area contributed by atoms with Crippen molar-refractivity contribution in [1.29, 1.82) is 0 Å². The largest absolute Gasteiger partial charge is 0.480 e. The number of thioether (sulfide) groups is 1. The summed E-state index contributed by atoms with van der Waals surface area (Å²) in [4.78, 5) is 51.8. The molecular weight excluding hydrogens is 462 g/mol. The molecule has 0 saturated heterocycles. The third-order valence-corrected chi connectivity index (χ3v) is 5.88. The minimum absolute atomic E-state index is 0.251. The Morgan fingerprint density at radius 1 is 1.06 bits per heavy atom. The highest BCUT2D eigenvalue weighted by atomic mass is 32.2. The standard InChI is InChI=1S/C22H31N5O6S/c1-12(22(32)33)25-21(31)18(11-28)27-20(30)17(7-8-34-2)26-19(29)15(23)9-13-10-24-16-6-4-3-5-14(13)16/h3-6,10,12,15,17-18,24,28H,7-9,11,23H2,1-2H3,(H,25,31)(H,26,29)(H,27,30)(H,32,33). The van der Waals surface area contributed by atoms with Crippen molar-refractivity contribution in [2.24, 2.45) is 5.73 Å². The Morgan fingerprint density at radius 2 is 1.71 bits per heavy atom. The second kappa shape index (κ2) is 13.0. The quantitative estimate of drug-likeness (QED) is 0.192. The second-order valence-corrected chi connectivity index (χ2v) is 8.81. The Hall–Kier alpha value is -3.09. The number of hydrogen-bond acceptors (Lipinski definition) is 7. The molecule has 1 aromatic carbocycles. The summed E-state index contributed by atoms with van der Waals surface area (Å²) < 4.78 is 0. The van der Waals surface area contributed by atoms with Gasteiger partial charge in [-0.1, -0.05) is 18.2 Å². The lowest BCUT2D eigenvalue weighted by Crippen LogP contribution is -2.58. The number of carboxylic acids is 1. The van der Waals surface area contributed by atoms with E-state index in [1.54, 1.807) is 6.20 Å². The van der Waals surface area contributed by atoms with Crippen molar-refractivity contribution in [2.45, 2.75) is 43.9 Å². The third-order valence-electron chi connectivity index (χ3n) is 5.24. The van der Waals surface area contributed by atoms with Gasteiger partial charge in [-0.15, -0.1) is 0 Å². The van der Waals surface area contributed by atoms with Crippen LogP contribution in [-0.2, 0) is 25.6 Å². The van der Waals surface area contributed by atoms with Crippen LogP contribution in [0, 0.1) is 0 Å². The topological polar surface area (TPSA) is 187 Å². The zero-order valence-corrected chi connectivity index (χ0v) is 19.9. The summed E-state index contributed by atoms with van der Waals surface area (Å²) in [5.74, 6) is -2.78. The van der Waals surface area contributed by atoms with Crippen molar-refractivity contribution in [2.75, 3.05) is 18.6 Å². The molecule has 0 aliphatic carbocycles. The summed E-state index contributed by atoms with van der Waals surface area (Å²) in [5.41, 5.74) is 7.91. The summed E-state index contributed by atoms with van der Waals surface area (Å²) in [6.07, 6.45) is 4.15. The van der Waals surface area contributed by atoms with E-state index in [-0.39, 0.29) is 12.8 Å². The molecule has 2 rings (SSSR count). The third kappa shape index (κ3) is 7.47. The van der Waals surface area contributed by atoms with Crippen LogP contribution < -0.4 is 21.7 Å². The van der Waals surface area contributed by atoms with Crippen molar-refractivity contribution < 1.29 is 29.4 Å².